The normalized spacial score (nSPS) is 11.3. The number of halogens is 2. The van der Waals surface area contributed by atoms with Gasteiger partial charge in [-0.1, -0.05) is 6.07 Å². The van der Waals surface area contributed by atoms with Gasteiger partial charge in [0.15, 0.2) is 0 Å². The fourth-order valence-corrected chi connectivity index (χ4v) is 3.13. The summed E-state index contributed by atoms with van der Waals surface area (Å²) in [5.74, 6) is -1.88. The molecule has 0 amide bonds. The Bertz CT molecular complexity index is 713. The van der Waals surface area contributed by atoms with Crippen molar-refractivity contribution in [1.29, 1.82) is 0 Å². The van der Waals surface area contributed by atoms with Crippen molar-refractivity contribution in [3.8, 4) is 0 Å². The number of anilines is 1. The molecule has 0 aliphatic heterocycles. The van der Waals surface area contributed by atoms with Gasteiger partial charge in [-0.3, -0.25) is 4.72 Å². The Morgan fingerprint density at radius 2 is 1.70 bits per heavy atom. The number of thioether (sulfide) groups is 1. The Morgan fingerprint density at radius 1 is 1.05 bits per heavy atom. The second kappa shape index (κ2) is 5.80. The first kappa shape index (κ1) is 14.8. The number of benzene rings is 2. The van der Waals surface area contributed by atoms with E-state index in [2.05, 4.69) is 4.72 Å². The molecule has 0 aliphatic rings. The van der Waals surface area contributed by atoms with Crippen molar-refractivity contribution in [1.82, 2.24) is 0 Å². The van der Waals surface area contributed by atoms with Crippen LogP contribution in [0.4, 0.5) is 14.5 Å². The van der Waals surface area contributed by atoms with Gasteiger partial charge in [0.05, 0.1) is 4.90 Å². The molecule has 0 radical (unpaired) electrons. The molecule has 0 spiro atoms. The zero-order valence-corrected chi connectivity index (χ0v) is 12.1. The quantitative estimate of drug-likeness (QED) is 0.879. The van der Waals surface area contributed by atoms with Gasteiger partial charge in [0.1, 0.15) is 11.6 Å². The van der Waals surface area contributed by atoms with E-state index in [1.165, 1.54) is 11.8 Å². The van der Waals surface area contributed by atoms with Gasteiger partial charge in [0.25, 0.3) is 10.0 Å². The molecule has 20 heavy (non-hydrogen) atoms. The summed E-state index contributed by atoms with van der Waals surface area (Å²) in [5.41, 5.74) is 0.335. The molecule has 0 aromatic heterocycles. The molecule has 0 saturated heterocycles. The Labute approximate surface area is 120 Å². The fraction of sp³-hybridized carbons (Fsp3) is 0.0769. The van der Waals surface area contributed by atoms with Crippen LogP contribution in [0, 0.1) is 11.6 Å². The van der Waals surface area contributed by atoms with E-state index in [1.54, 1.807) is 18.2 Å². The lowest BCUT2D eigenvalue weighted by atomic mass is 10.3. The molecule has 0 heterocycles. The lowest BCUT2D eigenvalue weighted by Crippen LogP contribution is -2.13. The molecule has 2 aromatic carbocycles. The SMILES string of the molecule is CSc1cccc(NS(=O)(=O)c2cc(F)cc(F)c2)c1. The van der Waals surface area contributed by atoms with Gasteiger partial charge >= 0.3 is 0 Å². The monoisotopic (exact) mass is 315 g/mol. The number of hydrogen-bond donors (Lipinski definition) is 1. The second-order valence-corrected chi connectivity index (χ2v) is 6.50. The van der Waals surface area contributed by atoms with E-state index in [9.17, 15) is 17.2 Å². The van der Waals surface area contributed by atoms with Gasteiger partial charge in [-0.15, -0.1) is 11.8 Å². The Balaban J connectivity index is 2.35. The first-order valence-corrected chi connectivity index (χ1v) is 8.24. The van der Waals surface area contributed by atoms with Crippen molar-refractivity contribution in [3.05, 3.63) is 54.1 Å². The maximum Gasteiger partial charge on any atom is 0.262 e. The van der Waals surface area contributed by atoms with Crippen molar-refractivity contribution in [2.75, 3.05) is 11.0 Å². The van der Waals surface area contributed by atoms with E-state index in [1.807, 2.05) is 12.3 Å². The molecular formula is C13H11F2NO2S2. The minimum absolute atomic E-state index is 0.335. The summed E-state index contributed by atoms with van der Waals surface area (Å²) in [6.45, 7) is 0. The van der Waals surface area contributed by atoms with Crippen molar-refractivity contribution in [3.63, 3.8) is 0 Å². The number of sulfonamides is 1. The van der Waals surface area contributed by atoms with Crippen LogP contribution in [0.5, 0.6) is 0 Å². The van der Waals surface area contributed by atoms with E-state index in [0.717, 1.165) is 17.0 Å². The summed E-state index contributed by atoms with van der Waals surface area (Å²) in [6, 6.07) is 8.87. The maximum absolute atomic E-state index is 13.1. The second-order valence-electron chi connectivity index (χ2n) is 3.94. The smallest absolute Gasteiger partial charge is 0.262 e. The van der Waals surface area contributed by atoms with Crippen molar-refractivity contribution >= 4 is 27.5 Å². The van der Waals surface area contributed by atoms with E-state index in [0.29, 0.717) is 11.8 Å². The maximum atomic E-state index is 13.1. The third kappa shape index (κ3) is 3.49. The van der Waals surface area contributed by atoms with Crippen LogP contribution in [0.2, 0.25) is 0 Å². The van der Waals surface area contributed by atoms with Gasteiger partial charge in [-0.2, -0.15) is 0 Å². The van der Waals surface area contributed by atoms with Gasteiger partial charge in [-0.05, 0) is 36.6 Å². The molecule has 0 bridgehead atoms. The lowest BCUT2D eigenvalue weighted by Gasteiger charge is -2.09. The summed E-state index contributed by atoms with van der Waals surface area (Å²) < 4.78 is 52.6. The summed E-state index contributed by atoms with van der Waals surface area (Å²) in [7, 11) is -4.02. The van der Waals surface area contributed by atoms with Crippen molar-refractivity contribution < 1.29 is 17.2 Å². The van der Waals surface area contributed by atoms with Crippen LogP contribution < -0.4 is 4.72 Å². The number of nitrogens with one attached hydrogen (secondary N) is 1. The minimum atomic E-state index is -4.02. The molecule has 0 unspecified atom stereocenters. The Hall–Kier alpha value is -1.60. The Kier molecular flexibility index (Phi) is 4.29. The van der Waals surface area contributed by atoms with Gasteiger partial charge in [0.2, 0.25) is 0 Å². The molecule has 0 fully saturated rings. The minimum Gasteiger partial charge on any atom is -0.280 e. The third-order valence-electron chi connectivity index (χ3n) is 2.47. The zero-order chi connectivity index (χ0) is 14.8. The summed E-state index contributed by atoms with van der Waals surface area (Å²) in [4.78, 5) is 0.417. The molecular weight excluding hydrogens is 304 g/mol. The highest BCUT2D eigenvalue weighted by atomic mass is 32.2. The topological polar surface area (TPSA) is 46.2 Å². The van der Waals surface area contributed by atoms with Crippen LogP contribution in [-0.2, 0) is 10.0 Å². The standard InChI is InChI=1S/C13H11F2NO2S2/c1-19-12-4-2-3-11(8-12)16-20(17,18)13-6-9(14)5-10(15)7-13/h2-8,16H,1H3. The van der Waals surface area contributed by atoms with Crippen molar-refractivity contribution in [2.45, 2.75) is 9.79 Å². The molecule has 0 saturated carbocycles. The molecule has 7 heteroatoms. The first-order chi connectivity index (χ1) is 9.40. The predicted molar refractivity (Wildman–Crippen MR) is 75.4 cm³/mol. The molecule has 106 valence electrons. The van der Waals surface area contributed by atoms with E-state index in [-0.39, 0.29) is 0 Å². The largest absolute Gasteiger partial charge is 0.280 e. The average Bonchev–Trinajstić information content (AvgIpc) is 2.37. The predicted octanol–water partition coefficient (Wildman–Crippen LogP) is 3.49. The van der Waals surface area contributed by atoms with Crippen molar-refractivity contribution in [2.24, 2.45) is 0 Å². The lowest BCUT2D eigenvalue weighted by molar-refractivity contribution is 0.568. The van der Waals surface area contributed by atoms with Gasteiger partial charge in [-0.25, -0.2) is 17.2 Å². The van der Waals surface area contributed by atoms with Crippen LogP contribution in [0.15, 0.2) is 52.3 Å². The first-order valence-electron chi connectivity index (χ1n) is 5.54. The van der Waals surface area contributed by atoms with Crippen LogP contribution in [0.25, 0.3) is 0 Å². The van der Waals surface area contributed by atoms with E-state index >= 15 is 0 Å². The highest BCUT2D eigenvalue weighted by Crippen LogP contribution is 2.22. The average molecular weight is 315 g/mol. The van der Waals surface area contributed by atoms with Gasteiger partial charge < -0.3 is 0 Å². The van der Waals surface area contributed by atoms with Crippen LogP contribution in [-0.4, -0.2) is 14.7 Å². The highest BCUT2D eigenvalue weighted by molar-refractivity contribution is 7.98. The van der Waals surface area contributed by atoms with E-state index in [4.69, 9.17) is 0 Å². The zero-order valence-electron chi connectivity index (χ0n) is 10.4. The molecule has 2 aromatic rings. The summed E-state index contributed by atoms with van der Waals surface area (Å²) >= 11 is 1.45. The van der Waals surface area contributed by atoms with Crippen LogP contribution in [0.1, 0.15) is 0 Å². The molecule has 1 N–H and O–H groups in total. The third-order valence-corrected chi connectivity index (χ3v) is 4.55. The molecule has 3 nitrogen and oxygen atoms in total. The Morgan fingerprint density at radius 3 is 2.30 bits per heavy atom. The molecule has 0 atom stereocenters. The van der Waals surface area contributed by atoms with Gasteiger partial charge in [0, 0.05) is 16.6 Å². The summed E-state index contributed by atoms with van der Waals surface area (Å²) in [5, 5.41) is 0. The highest BCUT2D eigenvalue weighted by Gasteiger charge is 2.16. The van der Waals surface area contributed by atoms with Crippen LogP contribution >= 0.6 is 11.8 Å². The van der Waals surface area contributed by atoms with E-state index < -0.39 is 26.6 Å². The molecule has 2 rings (SSSR count). The number of rotatable bonds is 4. The fourth-order valence-electron chi connectivity index (χ4n) is 1.58. The van der Waals surface area contributed by atoms with Crippen LogP contribution in [0.3, 0.4) is 0 Å². The summed E-state index contributed by atoms with van der Waals surface area (Å²) in [6.07, 6.45) is 1.86. The molecule has 0 aliphatic carbocycles. The number of hydrogen-bond acceptors (Lipinski definition) is 3.